The van der Waals surface area contributed by atoms with Crippen LogP contribution in [0.4, 0.5) is 5.69 Å². The van der Waals surface area contributed by atoms with Gasteiger partial charge < -0.3 is 5.73 Å². The van der Waals surface area contributed by atoms with Crippen LogP contribution in [0.2, 0.25) is 0 Å². The first-order valence-corrected chi connectivity index (χ1v) is 9.32. The molecular weight excluding hydrogens is 284 g/mol. The summed E-state index contributed by atoms with van der Waals surface area (Å²) in [6.45, 7) is 2.49. The highest BCUT2D eigenvalue weighted by Crippen LogP contribution is 2.38. The highest BCUT2D eigenvalue weighted by molar-refractivity contribution is 7.89. The predicted molar refractivity (Wildman–Crippen MR) is 84.5 cm³/mol. The second-order valence-corrected chi connectivity index (χ2v) is 8.25. The van der Waals surface area contributed by atoms with Crippen molar-refractivity contribution in [3.05, 3.63) is 23.8 Å². The number of sulfonamides is 1. The maximum absolute atomic E-state index is 13.0. The van der Waals surface area contributed by atoms with E-state index >= 15 is 0 Å². The minimum atomic E-state index is -3.43. The first-order chi connectivity index (χ1) is 10.00. The number of nitrogen functional groups attached to an aromatic ring is 1. The Balaban J connectivity index is 1.95. The Labute approximate surface area is 127 Å². The van der Waals surface area contributed by atoms with Crippen molar-refractivity contribution in [3.8, 4) is 0 Å². The van der Waals surface area contributed by atoms with E-state index in [4.69, 9.17) is 5.73 Å². The number of hydrogen-bond acceptors (Lipinski definition) is 3. The molecule has 1 aromatic carbocycles. The highest BCUT2D eigenvalue weighted by Gasteiger charge is 2.40. The molecule has 2 fully saturated rings. The lowest BCUT2D eigenvalue weighted by molar-refractivity contribution is 0.288. The average Bonchev–Trinajstić information content (AvgIpc) is 3.10. The first kappa shape index (κ1) is 14.9. The highest BCUT2D eigenvalue weighted by atomic mass is 32.2. The minimum Gasteiger partial charge on any atom is -0.399 e. The van der Waals surface area contributed by atoms with Gasteiger partial charge in [-0.25, -0.2) is 8.42 Å². The van der Waals surface area contributed by atoms with Gasteiger partial charge in [-0.05, 0) is 56.2 Å². The molecule has 1 aliphatic heterocycles. The zero-order valence-corrected chi connectivity index (χ0v) is 13.4. The zero-order chi connectivity index (χ0) is 15.0. The number of rotatable bonds is 3. The Morgan fingerprint density at radius 2 is 1.86 bits per heavy atom. The van der Waals surface area contributed by atoms with Gasteiger partial charge >= 0.3 is 0 Å². The van der Waals surface area contributed by atoms with E-state index in [1.807, 2.05) is 6.92 Å². The molecule has 4 nitrogen and oxygen atoms in total. The van der Waals surface area contributed by atoms with Gasteiger partial charge in [0.15, 0.2) is 0 Å². The molecule has 1 heterocycles. The van der Waals surface area contributed by atoms with E-state index in [0.717, 1.165) is 18.4 Å². The molecule has 1 saturated heterocycles. The van der Waals surface area contributed by atoms with E-state index in [9.17, 15) is 8.42 Å². The van der Waals surface area contributed by atoms with E-state index in [2.05, 4.69) is 0 Å². The Bertz CT molecular complexity index is 621. The van der Waals surface area contributed by atoms with Gasteiger partial charge in [-0.1, -0.05) is 18.9 Å². The molecule has 1 atom stereocenters. The third kappa shape index (κ3) is 2.69. The van der Waals surface area contributed by atoms with Crippen LogP contribution in [0.1, 0.15) is 44.1 Å². The number of aryl methyl sites for hydroxylation is 1. The van der Waals surface area contributed by atoms with Crippen LogP contribution in [-0.2, 0) is 10.0 Å². The van der Waals surface area contributed by atoms with Crippen molar-refractivity contribution in [3.63, 3.8) is 0 Å². The fourth-order valence-corrected chi connectivity index (χ4v) is 5.91. The molecule has 3 rings (SSSR count). The van der Waals surface area contributed by atoms with Gasteiger partial charge in [-0.2, -0.15) is 4.31 Å². The molecule has 1 aromatic rings. The molecule has 1 unspecified atom stereocenters. The van der Waals surface area contributed by atoms with Crippen LogP contribution in [-0.4, -0.2) is 25.3 Å². The standard InChI is InChI=1S/C16H24N2O2S/c1-12-8-9-14(17)11-16(12)21(19,20)18-10-4-7-15(18)13-5-2-3-6-13/h8-9,11,13,15H,2-7,10,17H2,1H3. The second-order valence-electron chi connectivity index (χ2n) is 6.39. The molecule has 0 aromatic heterocycles. The van der Waals surface area contributed by atoms with Crippen LogP contribution in [0.5, 0.6) is 0 Å². The van der Waals surface area contributed by atoms with Crippen molar-refractivity contribution in [1.29, 1.82) is 0 Å². The molecule has 1 aliphatic carbocycles. The molecule has 21 heavy (non-hydrogen) atoms. The molecule has 2 N–H and O–H groups in total. The molecule has 116 valence electrons. The summed E-state index contributed by atoms with van der Waals surface area (Å²) in [5, 5.41) is 0. The van der Waals surface area contributed by atoms with Gasteiger partial charge in [0.05, 0.1) is 4.90 Å². The summed E-state index contributed by atoms with van der Waals surface area (Å²) in [7, 11) is -3.43. The molecule has 2 aliphatic rings. The lowest BCUT2D eigenvalue weighted by Crippen LogP contribution is -2.39. The summed E-state index contributed by atoms with van der Waals surface area (Å²) in [6.07, 6.45) is 6.81. The van der Waals surface area contributed by atoms with Crippen LogP contribution in [0.3, 0.4) is 0 Å². The van der Waals surface area contributed by atoms with Crippen molar-refractivity contribution in [2.45, 2.75) is 56.4 Å². The van der Waals surface area contributed by atoms with Gasteiger partial charge in [-0.3, -0.25) is 0 Å². The van der Waals surface area contributed by atoms with Crippen LogP contribution < -0.4 is 5.73 Å². The Kier molecular flexibility index (Phi) is 3.97. The molecule has 0 spiro atoms. The topological polar surface area (TPSA) is 63.4 Å². The van der Waals surface area contributed by atoms with Crippen LogP contribution in [0, 0.1) is 12.8 Å². The van der Waals surface area contributed by atoms with Crippen molar-refractivity contribution in [2.24, 2.45) is 5.92 Å². The summed E-state index contributed by atoms with van der Waals surface area (Å²) in [4.78, 5) is 0.382. The average molecular weight is 308 g/mol. The van der Waals surface area contributed by atoms with Crippen molar-refractivity contribution >= 4 is 15.7 Å². The van der Waals surface area contributed by atoms with E-state index in [0.29, 0.717) is 23.0 Å². The number of nitrogens with two attached hydrogens (primary N) is 1. The molecule has 1 saturated carbocycles. The van der Waals surface area contributed by atoms with Crippen molar-refractivity contribution in [1.82, 2.24) is 4.31 Å². The van der Waals surface area contributed by atoms with Crippen LogP contribution in [0.25, 0.3) is 0 Å². The fourth-order valence-electron chi connectivity index (χ4n) is 3.90. The fraction of sp³-hybridized carbons (Fsp3) is 0.625. The largest absolute Gasteiger partial charge is 0.399 e. The lowest BCUT2D eigenvalue weighted by atomic mass is 9.97. The summed E-state index contributed by atoms with van der Waals surface area (Å²) in [6, 6.07) is 5.35. The summed E-state index contributed by atoms with van der Waals surface area (Å²) < 4.78 is 27.8. The summed E-state index contributed by atoms with van der Waals surface area (Å²) in [5.41, 5.74) is 7.09. The Morgan fingerprint density at radius 3 is 2.57 bits per heavy atom. The third-order valence-electron chi connectivity index (χ3n) is 4.99. The van der Waals surface area contributed by atoms with E-state index in [-0.39, 0.29) is 6.04 Å². The Morgan fingerprint density at radius 1 is 1.14 bits per heavy atom. The molecule has 0 radical (unpaired) electrons. The van der Waals surface area contributed by atoms with E-state index in [1.165, 1.54) is 25.7 Å². The number of nitrogens with zero attached hydrogens (tertiary/aromatic N) is 1. The maximum Gasteiger partial charge on any atom is 0.243 e. The SMILES string of the molecule is Cc1ccc(N)cc1S(=O)(=O)N1CCCC1C1CCCC1. The molecular formula is C16H24N2O2S. The lowest BCUT2D eigenvalue weighted by Gasteiger charge is -2.29. The van der Waals surface area contributed by atoms with E-state index in [1.54, 1.807) is 22.5 Å². The first-order valence-electron chi connectivity index (χ1n) is 7.88. The molecule has 0 amide bonds. The molecule has 0 bridgehead atoms. The zero-order valence-electron chi connectivity index (χ0n) is 12.6. The van der Waals surface area contributed by atoms with Gasteiger partial charge in [0, 0.05) is 18.3 Å². The third-order valence-corrected chi connectivity index (χ3v) is 7.06. The van der Waals surface area contributed by atoms with E-state index < -0.39 is 10.0 Å². The maximum atomic E-state index is 13.0. The smallest absolute Gasteiger partial charge is 0.243 e. The monoisotopic (exact) mass is 308 g/mol. The number of hydrogen-bond donors (Lipinski definition) is 1. The van der Waals surface area contributed by atoms with Crippen molar-refractivity contribution < 1.29 is 8.42 Å². The second kappa shape index (κ2) is 5.61. The quantitative estimate of drug-likeness (QED) is 0.873. The van der Waals surface area contributed by atoms with Gasteiger partial charge in [-0.15, -0.1) is 0 Å². The van der Waals surface area contributed by atoms with Crippen LogP contribution in [0.15, 0.2) is 23.1 Å². The van der Waals surface area contributed by atoms with Gasteiger partial charge in [0.25, 0.3) is 0 Å². The minimum absolute atomic E-state index is 0.193. The molecule has 5 heteroatoms. The normalized spacial score (nSPS) is 24.7. The summed E-state index contributed by atoms with van der Waals surface area (Å²) in [5.74, 6) is 0.545. The number of benzene rings is 1. The van der Waals surface area contributed by atoms with Crippen LogP contribution >= 0.6 is 0 Å². The summed E-state index contributed by atoms with van der Waals surface area (Å²) >= 11 is 0. The number of anilines is 1. The Hall–Kier alpha value is -1.07. The predicted octanol–water partition coefficient (Wildman–Crippen LogP) is 2.92. The van der Waals surface area contributed by atoms with Gasteiger partial charge in [0.2, 0.25) is 10.0 Å². The van der Waals surface area contributed by atoms with Crippen molar-refractivity contribution in [2.75, 3.05) is 12.3 Å². The van der Waals surface area contributed by atoms with Gasteiger partial charge in [0.1, 0.15) is 0 Å².